The van der Waals surface area contributed by atoms with Crippen LogP contribution >= 0.6 is 11.8 Å². The van der Waals surface area contributed by atoms with E-state index in [9.17, 15) is 9.59 Å². The molecule has 2 amide bonds. The van der Waals surface area contributed by atoms with Crippen LogP contribution < -0.4 is 5.32 Å². The lowest BCUT2D eigenvalue weighted by atomic mass is 9.93. The van der Waals surface area contributed by atoms with E-state index in [2.05, 4.69) is 24.1 Å². The Bertz CT molecular complexity index is 733. The van der Waals surface area contributed by atoms with Gasteiger partial charge in [-0.05, 0) is 50.5 Å². The van der Waals surface area contributed by atoms with Crippen molar-refractivity contribution in [3.8, 4) is 0 Å². The van der Waals surface area contributed by atoms with Gasteiger partial charge in [-0.1, -0.05) is 57.0 Å². The van der Waals surface area contributed by atoms with Crippen molar-refractivity contribution in [2.24, 2.45) is 0 Å². The molecule has 5 nitrogen and oxygen atoms in total. The molecule has 1 N–H and O–H groups in total. The number of hydrogen-bond donors (Lipinski definition) is 1. The summed E-state index contributed by atoms with van der Waals surface area (Å²) in [5.74, 6) is -0.0384. The molecular formula is C24H35N3O2S. The number of rotatable bonds is 9. The van der Waals surface area contributed by atoms with Crippen molar-refractivity contribution in [1.29, 1.82) is 0 Å². The summed E-state index contributed by atoms with van der Waals surface area (Å²) < 4.78 is 0. The van der Waals surface area contributed by atoms with Gasteiger partial charge in [0.15, 0.2) is 0 Å². The van der Waals surface area contributed by atoms with E-state index in [1.165, 1.54) is 6.42 Å². The second kappa shape index (κ2) is 11.6. The van der Waals surface area contributed by atoms with E-state index in [-0.39, 0.29) is 24.4 Å². The summed E-state index contributed by atoms with van der Waals surface area (Å²) >= 11 is 1.71. The third-order valence-corrected chi connectivity index (χ3v) is 7.50. The Balaban J connectivity index is 1.62. The van der Waals surface area contributed by atoms with Gasteiger partial charge in [-0.25, -0.2) is 0 Å². The Morgan fingerprint density at radius 3 is 2.67 bits per heavy atom. The van der Waals surface area contributed by atoms with Gasteiger partial charge in [0.25, 0.3) is 5.91 Å². The van der Waals surface area contributed by atoms with E-state index in [0.29, 0.717) is 11.8 Å². The summed E-state index contributed by atoms with van der Waals surface area (Å²) in [6.45, 7) is 8.19. The van der Waals surface area contributed by atoms with Crippen molar-refractivity contribution in [3.05, 3.63) is 40.8 Å². The monoisotopic (exact) mass is 429 g/mol. The van der Waals surface area contributed by atoms with Gasteiger partial charge in [-0.3, -0.25) is 9.59 Å². The molecule has 30 heavy (non-hydrogen) atoms. The molecule has 2 fully saturated rings. The fraction of sp³-hybridized carbons (Fsp3) is 0.583. The van der Waals surface area contributed by atoms with Gasteiger partial charge >= 0.3 is 0 Å². The van der Waals surface area contributed by atoms with Gasteiger partial charge in [0, 0.05) is 17.8 Å². The van der Waals surface area contributed by atoms with Crippen LogP contribution in [0.1, 0.15) is 51.5 Å². The molecule has 1 aromatic carbocycles. The van der Waals surface area contributed by atoms with Gasteiger partial charge in [-0.2, -0.15) is 0 Å². The molecule has 6 heteroatoms. The van der Waals surface area contributed by atoms with Crippen LogP contribution in [0.5, 0.6) is 0 Å². The first-order chi connectivity index (χ1) is 14.6. The highest BCUT2D eigenvalue weighted by Crippen LogP contribution is 2.42. The van der Waals surface area contributed by atoms with Crippen molar-refractivity contribution < 1.29 is 9.59 Å². The van der Waals surface area contributed by atoms with Crippen LogP contribution in [0.25, 0.3) is 6.08 Å². The highest BCUT2D eigenvalue weighted by molar-refractivity contribution is 8.04. The third kappa shape index (κ3) is 6.11. The Morgan fingerprint density at radius 1 is 1.20 bits per heavy atom. The Morgan fingerprint density at radius 2 is 1.93 bits per heavy atom. The molecular weight excluding hydrogens is 394 g/mol. The number of nitrogens with one attached hydrogen (secondary N) is 1. The summed E-state index contributed by atoms with van der Waals surface area (Å²) in [5, 5.41) is 3.42. The molecule has 164 valence electrons. The van der Waals surface area contributed by atoms with Crippen molar-refractivity contribution in [2.45, 2.75) is 57.2 Å². The van der Waals surface area contributed by atoms with Crippen LogP contribution in [0.15, 0.2) is 35.2 Å². The molecule has 2 aliphatic rings. The number of thioether (sulfide) groups is 1. The summed E-state index contributed by atoms with van der Waals surface area (Å²) in [6.07, 6.45) is 7.35. The standard InChI is InChI=1S/C24H35N3O2S/c1-3-26(4-2)16-10-15-25-23(28)18-27-20-13-8-9-14-21(20)30-22(24(27)29)17-19-11-6-5-7-12-19/h5-7,11-12,17,20-21H,3-4,8-10,13-16,18H2,1-2H3,(H,25,28)/b22-17-. The Hall–Kier alpha value is -1.79. The number of nitrogens with zero attached hydrogens (tertiary/aromatic N) is 2. The first-order valence-corrected chi connectivity index (χ1v) is 12.2. The lowest BCUT2D eigenvalue weighted by Gasteiger charge is -2.43. The molecule has 1 saturated heterocycles. The lowest BCUT2D eigenvalue weighted by Crippen LogP contribution is -2.54. The molecule has 1 saturated carbocycles. The maximum Gasteiger partial charge on any atom is 0.261 e. The molecule has 0 spiro atoms. The minimum atomic E-state index is -0.0434. The van der Waals surface area contributed by atoms with E-state index in [4.69, 9.17) is 0 Å². The van der Waals surface area contributed by atoms with E-state index in [1.54, 1.807) is 11.8 Å². The van der Waals surface area contributed by atoms with Gasteiger partial charge in [0.2, 0.25) is 5.91 Å². The largest absolute Gasteiger partial charge is 0.355 e. The second-order valence-electron chi connectivity index (χ2n) is 8.09. The first kappa shape index (κ1) is 22.9. The number of benzene rings is 1. The van der Waals surface area contributed by atoms with Crippen LogP contribution in [-0.4, -0.2) is 65.6 Å². The number of carbonyl (C=O) groups is 2. The van der Waals surface area contributed by atoms with E-state index < -0.39 is 0 Å². The number of carbonyl (C=O) groups excluding carboxylic acids is 2. The minimum Gasteiger partial charge on any atom is -0.355 e. The zero-order valence-corrected chi connectivity index (χ0v) is 19.1. The van der Waals surface area contributed by atoms with Crippen LogP contribution in [0.4, 0.5) is 0 Å². The van der Waals surface area contributed by atoms with Gasteiger partial charge < -0.3 is 15.1 Å². The van der Waals surface area contributed by atoms with Gasteiger partial charge in [0.05, 0.1) is 4.91 Å². The fourth-order valence-corrected chi connectivity index (χ4v) is 5.82. The van der Waals surface area contributed by atoms with E-state index >= 15 is 0 Å². The predicted molar refractivity (Wildman–Crippen MR) is 125 cm³/mol. The summed E-state index contributed by atoms with van der Waals surface area (Å²) in [6, 6.07) is 10.1. The highest BCUT2D eigenvalue weighted by Gasteiger charge is 2.41. The average molecular weight is 430 g/mol. The maximum absolute atomic E-state index is 13.3. The number of hydrogen-bond acceptors (Lipinski definition) is 4. The zero-order chi connectivity index (χ0) is 21.3. The molecule has 3 rings (SSSR count). The van der Waals surface area contributed by atoms with Crippen LogP contribution in [0, 0.1) is 0 Å². The maximum atomic E-state index is 13.3. The summed E-state index contributed by atoms with van der Waals surface area (Å²) in [4.78, 5) is 30.9. The normalized spacial score (nSPS) is 23.0. The molecule has 1 aliphatic carbocycles. The highest BCUT2D eigenvalue weighted by atomic mass is 32.2. The van der Waals surface area contributed by atoms with Crippen LogP contribution in [0.3, 0.4) is 0 Å². The van der Waals surface area contributed by atoms with Crippen LogP contribution in [0.2, 0.25) is 0 Å². The van der Waals surface area contributed by atoms with Crippen LogP contribution in [-0.2, 0) is 9.59 Å². The first-order valence-electron chi connectivity index (χ1n) is 11.4. The van der Waals surface area contributed by atoms with E-state index in [1.807, 2.05) is 41.3 Å². The Labute approximate surface area is 185 Å². The van der Waals surface area contributed by atoms with Crippen molar-refractivity contribution in [2.75, 3.05) is 32.7 Å². The number of amides is 2. The van der Waals surface area contributed by atoms with Crippen molar-refractivity contribution >= 4 is 29.7 Å². The summed E-state index contributed by atoms with van der Waals surface area (Å²) in [7, 11) is 0. The minimum absolute atomic E-state index is 0.00490. The fourth-order valence-electron chi connectivity index (χ4n) is 4.34. The topological polar surface area (TPSA) is 52.7 Å². The average Bonchev–Trinajstić information content (AvgIpc) is 2.77. The molecule has 2 atom stereocenters. The molecule has 1 heterocycles. The number of fused-ring (bicyclic) bond motifs is 1. The quantitative estimate of drug-likeness (QED) is 0.480. The molecule has 1 aliphatic heterocycles. The molecule has 2 unspecified atom stereocenters. The molecule has 1 aromatic rings. The SMILES string of the molecule is CCN(CC)CCCNC(=O)CN1C(=O)/C(=C/c2ccccc2)SC2CCCCC21. The Kier molecular flexibility index (Phi) is 8.82. The summed E-state index contributed by atoms with van der Waals surface area (Å²) in [5.41, 5.74) is 1.03. The third-order valence-electron chi connectivity index (χ3n) is 6.10. The van der Waals surface area contributed by atoms with Crippen molar-refractivity contribution in [3.63, 3.8) is 0 Å². The van der Waals surface area contributed by atoms with Gasteiger partial charge in [0.1, 0.15) is 6.54 Å². The van der Waals surface area contributed by atoms with Crippen molar-refractivity contribution in [1.82, 2.24) is 15.1 Å². The lowest BCUT2D eigenvalue weighted by molar-refractivity contribution is -0.135. The second-order valence-corrected chi connectivity index (χ2v) is 9.37. The van der Waals surface area contributed by atoms with Gasteiger partial charge in [-0.15, -0.1) is 11.8 Å². The smallest absolute Gasteiger partial charge is 0.261 e. The predicted octanol–water partition coefficient (Wildman–Crippen LogP) is 3.76. The molecule has 0 aromatic heterocycles. The molecule has 0 radical (unpaired) electrons. The molecule has 0 bridgehead atoms. The van der Waals surface area contributed by atoms with E-state index in [0.717, 1.165) is 55.8 Å². The zero-order valence-electron chi connectivity index (χ0n) is 18.3.